The SMILES string of the molecule is COCCn1c(S[C@@H](C)C(=O)Nc2ccc(S(=O)(=O)N3CCCC3)cc2)nc2ccccc21. The van der Waals surface area contributed by atoms with E-state index >= 15 is 0 Å². The number of nitrogens with zero attached hydrogens (tertiary/aromatic N) is 3. The smallest absolute Gasteiger partial charge is 0.243 e. The minimum absolute atomic E-state index is 0.180. The first-order valence-corrected chi connectivity index (χ1v) is 13.2. The Balaban J connectivity index is 1.44. The number of fused-ring (bicyclic) bond motifs is 1. The van der Waals surface area contributed by atoms with Gasteiger partial charge in [0.25, 0.3) is 0 Å². The number of anilines is 1. The van der Waals surface area contributed by atoms with Crippen molar-refractivity contribution in [3.63, 3.8) is 0 Å². The maximum absolute atomic E-state index is 12.8. The van der Waals surface area contributed by atoms with Crippen LogP contribution in [-0.4, -0.2) is 60.2 Å². The summed E-state index contributed by atoms with van der Waals surface area (Å²) in [4.78, 5) is 17.8. The number of hydrogen-bond acceptors (Lipinski definition) is 6. The lowest BCUT2D eigenvalue weighted by Gasteiger charge is -2.16. The third kappa shape index (κ3) is 5.24. The molecule has 0 saturated carbocycles. The number of hydrogen-bond donors (Lipinski definition) is 1. The van der Waals surface area contributed by atoms with E-state index in [9.17, 15) is 13.2 Å². The first kappa shape index (κ1) is 23.7. The number of imidazole rings is 1. The number of aromatic nitrogens is 2. The van der Waals surface area contributed by atoms with Gasteiger partial charge in [0, 0.05) is 32.4 Å². The molecule has 2 heterocycles. The molecule has 0 unspecified atom stereocenters. The summed E-state index contributed by atoms with van der Waals surface area (Å²) in [5.41, 5.74) is 2.43. The van der Waals surface area contributed by atoms with Gasteiger partial charge in [-0.05, 0) is 56.2 Å². The standard InChI is InChI=1S/C23H28N4O4S2/c1-17(32-23-25-20-7-3-4-8-21(20)27(23)15-16-31-2)22(28)24-18-9-11-19(12-10-18)33(29,30)26-13-5-6-14-26/h3-4,7-12,17H,5-6,13-16H2,1-2H3,(H,24,28)/t17-/m0/s1. The zero-order chi connectivity index (χ0) is 23.4. The average molecular weight is 489 g/mol. The number of thioether (sulfide) groups is 1. The Kier molecular flexibility index (Phi) is 7.38. The summed E-state index contributed by atoms with van der Waals surface area (Å²) >= 11 is 1.38. The number of ether oxygens (including phenoxy) is 1. The number of carbonyl (C=O) groups is 1. The molecular formula is C23H28N4O4S2. The second kappa shape index (κ2) is 10.3. The van der Waals surface area contributed by atoms with E-state index in [1.165, 1.54) is 16.1 Å². The fourth-order valence-corrected chi connectivity index (χ4v) is 6.25. The molecule has 10 heteroatoms. The molecule has 1 aromatic heterocycles. The van der Waals surface area contributed by atoms with Gasteiger partial charge < -0.3 is 14.6 Å². The van der Waals surface area contributed by atoms with Crippen molar-refractivity contribution in [2.24, 2.45) is 0 Å². The summed E-state index contributed by atoms with van der Waals surface area (Å²) in [6, 6.07) is 14.2. The molecule has 0 spiro atoms. The highest BCUT2D eigenvalue weighted by atomic mass is 32.2. The van der Waals surface area contributed by atoms with Crippen LogP contribution in [0.5, 0.6) is 0 Å². The number of sulfonamides is 1. The van der Waals surface area contributed by atoms with Gasteiger partial charge in [0.05, 0.1) is 27.8 Å². The highest BCUT2D eigenvalue weighted by molar-refractivity contribution is 8.00. The molecule has 3 aromatic rings. The normalized spacial score (nSPS) is 15.7. The highest BCUT2D eigenvalue weighted by Gasteiger charge is 2.27. The van der Waals surface area contributed by atoms with Crippen LogP contribution in [0.4, 0.5) is 5.69 Å². The van der Waals surface area contributed by atoms with Crippen LogP contribution in [0.15, 0.2) is 58.6 Å². The van der Waals surface area contributed by atoms with Crippen molar-refractivity contribution in [2.75, 3.05) is 32.1 Å². The van der Waals surface area contributed by atoms with Gasteiger partial charge in [-0.2, -0.15) is 4.31 Å². The van der Waals surface area contributed by atoms with E-state index in [4.69, 9.17) is 9.72 Å². The quantitative estimate of drug-likeness (QED) is 0.463. The molecule has 2 aromatic carbocycles. The van der Waals surface area contributed by atoms with Gasteiger partial charge in [-0.1, -0.05) is 23.9 Å². The average Bonchev–Trinajstić information content (AvgIpc) is 3.47. The first-order chi connectivity index (χ1) is 15.9. The number of rotatable bonds is 9. The van der Waals surface area contributed by atoms with Gasteiger partial charge in [-0.3, -0.25) is 4.79 Å². The minimum atomic E-state index is -3.47. The maximum atomic E-state index is 12.8. The van der Waals surface area contributed by atoms with Crippen LogP contribution >= 0.6 is 11.8 Å². The number of methoxy groups -OCH3 is 1. The number of para-hydroxylation sites is 2. The molecule has 1 saturated heterocycles. The lowest BCUT2D eigenvalue weighted by Crippen LogP contribution is -2.27. The Morgan fingerprint density at radius 2 is 1.85 bits per heavy atom. The number of benzene rings is 2. The van der Waals surface area contributed by atoms with Crippen molar-refractivity contribution >= 4 is 44.4 Å². The van der Waals surface area contributed by atoms with Gasteiger partial charge in [0.15, 0.2) is 5.16 Å². The van der Waals surface area contributed by atoms with E-state index in [2.05, 4.69) is 9.88 Å². The summed E-state index contributed by atoms with van der Waals surface area (Å²) in [6.07, 6.45) is 1.78. The highest BCUT2D eigenvalue weighted by Crippen LogP contribution is 2.28. The molecule has 0 aliphatic carbocycles. The molecule has 4 rings (SSSR count). The zero-order valence-corrected chi connectivity index (χ0v) is 20.4. The van der Waals surface area contributed by atoms with Crippen molar-refractivity contribution in [1.82, 2.24) is 13.9 Å². The number of amides is 1. The molecule has 1 aliphatic heterocycles. The summed E-state index contributed by atoms with van der Waals surface area (Å²) in [7, 11) is -1.81. The van der Waals surface area contributed by atoms with Crippen LogP contribution in [0.2, 0.25) is 0 Å². The van der Waals surface area contributed by atoms with Gasteiger partial charge in [0.2, 0.25) is 15.9 Å². The number of nitrogens with one attached hydrogen (secondary N) is 1. The molecule has 1 aliphatic rings. The predicted molar refractivity (Wildman–Crippen MR) is 130 cm³/mol. The van der Waals surface area contributed by atoms with Crippen molar-refractivity contribution in [2.45, 2.75) is 41.6 Å². The molecule has 0 radical (unpaired) electrons. The fraction of sp³-hybridized carbons (Fsp3) is 0.391. The van der Waals surface area contributed by atoms with E-state index in [-0.39, 0.29) is 10.8 Å². The molecule has 33 heavy (non-hydrogen) atoms. The van der Waals surface area contributed by atoms with Crippen LogP contribution in [0.1, 0.15) is 19.8 Å². The lowest BCUT2D eigenvalue weighted by molar-refractivity contribution is -0.115. The summed E-state index contributed by atoms with van der Waals surface area (Å²) in [5.74, 6) is -0.180. The maximum Gasteiger partial charge on any atom is 0.243 e. The van der Waals surface area contributed by atoms with Crippen LogP contribution in [0, 0.1) is 0 Å². The van der Waals surface area contributed by atoms with Crippen molar-refractivity contribution in [1.29, 1.82) is 0 Å². The Morgan fingerprint density at radius 3 is 2.55 bits per heavy atom. The van der Waals surface area contributed by atoms with E-state index in [0.717, 1.165) is 29.0 Å². The Bertz CT molecular complexity index is 1220. The second-order valence-corrected chi connectivity index (χ2v) is 11.2. The van der Waals surface area contributed by atoms with E-state index in [1.807, 2.05) is 31.2 Å². The monoisotopic (exact) mass is 488 g/mol. The minimum Gasteiger partial charge on any atom is -0.383 e. The fourth-order valence-electron chi connectivity index (χ4n) is 3.79. The Labute approximate surface area is 198 Å². The number of carbonyl (C=O) groups excluding carboxylic acids is 1. The third-order valence-electron chi connectivity index (χ3n) is 5.61. The summed E-state index contributed by atoms with van der Waals surface area (Å²) < 4.78 is 34.2. The molecular weight excluding hydrogens is 460 g/mol. The van der Waals surface area contributed by atoms with Crippen LogP contribution < -0.4 is 5.32 Å². The summed E-state index contributed by atoms with van der Waals surface area (Å²) in [6.45, 7) is 4.13. The lowest BCUT2D eigenvalue weighted by atomic mass is 10.3. The zero-order valence-electron chi connectivity index (χ0n) is 18.7. The molecule has 0 bridgehead atoms. The largest absolute Gasteiger partial charge is 0.383 e. The van der Waals surface area contributed by atoms with Gasteiger partial charge in [-0.15, -0.1) is 0 Å². The molecule has 1 fully saturated rings. The van der Waals surface area contributed by atoms with Gasteiger partial charge in [0.1, 0.15) is 0 Å². The van der Waals surface area contributed by atoms with Crippen molar-refractivity contribution in [3.8, 4) is 0 Å². The summed E-state index contributed by atoms with van der Waals surface area (Å²) in [5, 5.41) is 3.22. The van der Waals surface area contributed by atoms with Gasteiger partial charge >= 0.3 is 0 Å². The Morgan fingerprint density at radius 1 is 1.15 bits per heavy atom. The van der Waals surface area contributed by atoms with Crippen LogP contribution in [-0.2, 0) is 26.1 Å². The van der Waals surface area contributed by atoms with E-state index in [0.29, 0.717) is 31.9 Å². The first-order valence-electron chi connectivity index (χ1n) is 10.9. The Hall–Kier alpha value is -2.40. The second-order valence-electron chi connectivity index (χ2n) is 7.91. The third-order valence-corrected chi connectivity index (χ3v) is 8.62. The van der Waals surface area contributed by atoms with Crippen molar-refractivity contribution < 1.29 is 17.9 Å². The molecule has 176 valence electrons. The molecule has 1 N–H and O–H groups in total. The van der Waals surface area contributed by atoms with Crippen molar-refractivity contribution in [3.05, 3.63) is 48.5 Å². The molecule has 1 atom stereocenters. The van der Waals surface area contributed by atoms with Gasteiger partial charge in [-0.25, -0.2) is 13.4 Å². The van der Waals surface area contributed by atoms with E-state index in [1.54, 1.807) is 31.4 Å². The van der Waals surface area contributed by atoms with Crippen LogP contribution in [0.3, 0.4) is 0 Å². The van der Waals surface area contributed by atoms with E-state index < -0.39 is 15.3 Å². The van der Waals surface area contributed by atoms with Crippen LogP contribution in [0.25, 0.3) is 11.0 Å². The molecule has 8 nitrogen and oxygen atoms in total. The topological polar surface area (TPSA) is 93.5 Å². The predicted octanol–water partition coefficient (Wildman–Crippen LogP) is 3.59. The molecule has 1 amide bonds.